The fourth-order valence-electron chi connectivity index (χ4n) is 1.87. The number of nitrogens with zero attached hydrogens (tertiary/aromatic N) is 1. The maximum absolute atomic E-state index is 13.6. The van der Waals surface area contributed by atoms with Crippen LogP contribution in [0.2, 0.25) is 0 Å². The molecule has 2 aromatic rings. The van der Waals surface area contributed by atoms with Crippen molar-refractivity contribution in [1.82, 2.24) is 14.9 Å². The molecule has 7 heteroatoms. The first kappa shape index (κ1) is 14.4. The van der Waals surface area contributed by atoms with E-state index in [1.165, 1.54) is 6.07 Å². The zero-order chi connectivity index (χ0) is 14.0. The maximum Gasteiger partial charge on any atom is 0.221 e. The Balaban J connectivity index is 2.32. The van der Waals surface area contributed by atoms with Crippen molar-refractivity contribution in [3.05, 3.63) is 26.3 Å². The van der Waals surface area contributed by atoms with Gasteiger partial charge in [-0.1, -0.05) is 0 Å². The van der Waals surface area contributed by atoms with Gasteiger partial charge in [-0.2, -0.15) is 0 Å². The minimum absolute atomic E-state index is 0.0373. The summed E-state index contributed by atoms with van der Waals surface area (Å²) in [6, 6.07) is 3.16. The number of rotatable bonds is 4. The van der Waals surface area contributed by atoms with Crippen LogP contribution in [-0.2, 0) is 11.3 Å². The number of halogens is 2. The molecular formula is C12H13FIN3OS. The zero-order valence-corrected chi connectivity index (χ0v) is 13.3. The fourth-order valence-corrected chi connectivity index (χ4v) is 2.64. The van der Waals surface area contributed by atoms with Crippen LogP contribution in [0.5, 0.6) is 0 Å². The van der Waals surface area contributed by atoms with Crippen molar-refractivity contribution in [1.29, 1.82) is 0 Å². The summed E-state index contributed by atoms with van der Waals surface area (Å²) in [5, 5.41) is 2.72. The van der Waals surface area contributed by atoms with Crippen molar-refractivity contribution in [3.8, 4) is 0 Å². The molecule has 0 atom stereocenters. The summed E-state index contributed by atoms with van der Waals surface area (Å²) in [7, 11) is 0. The summed E-state index contributed by atoms with van der Waals surface area (Å²) in [5.41, 5.74) is 1.47. The Morgan fingerprint density at radius 3 is 3.00 bits per heavy atom. The van der Waals surface area contributed by atoms with Crippen molar-refractivity contribution in [2.45, 2.75) is 19.9 Å². The molecule has 0 aliphatic heterocycles. The molecule has 4 nitrogen and oxygen atoms in total. The minimum Gasteiger partial charge on any atom is -0.356 e. The summed E-state index contributed by atoms with van der Waals surface area (Å²) >= 11 is 7.14. The van der Waals surface area contributed by atoms with Crippen LogP contribution < -0.4 is 5.32 Å². The van der Waals surface area contributed by atoms with Gasteiger partial charge >= 0.3 is 0 Å². The number of carbonyl (C=O) groups excluding carboxylic acids is 1. The van der Waals surface area contributed by atoms with Crippen molar-refractivity contribution >= 4 is 51.7 Å². The quantitative estimate of drug-likeness (QED) is 0.620. The minimum atomic E-state index is -0.283. The molecule has 0 saturated carbocycles. The number of aromatic nitrogens is 2. The van der Waals surface area contributed by atoms with Crippen molar-refractivity contribution in [2.24, 2.45) is 0 Å². The summed E-state index contributed by atoms with van der Waals surface area (Å²) in [6.45, 7) is 2.90. The number of benzene rings is 1. The lowest BCUT2D eigenvalue weighted by Crippen LogP contribution is -2.23. The summed E-state index contributed by atoms with van der Waals surface area (Å²) < 4.78 is 16.4. The Labute approximate surface area is 128 Å². The van der Waals surface area contributed by atoms with Crippen LogP contribution in [0.1, 0.15) is 13.3 Å². The van der Waals surface area contributed by atoms with Crippen LogP contribution in [0, 0.1) is 14.2 Å². The van der Waals surface area contributed by atoms with Crippen LogP contribution in [0.25, 0.3) is 11.0 Å². The van der Waals surface area contributed by atoms with Gasteiger partial charge in [-0.15, -0.1) is 0 Å². The van der Waals surface area contributed by atoms with Gasteiger partial charge in [-0.25, -0.2) is 4.39 Å². The third-order valence-electron chi connectivity index (χ3n) is 2.75. The van der Waals surface area contributed by atoms with E-state index in [2.05, 4.69) is 10.3 Å². The molecular weight excluding hydrogens is 380 g/mol. The van der Waals surface area contributed by atoms with Crippen LogP contribution in [0.3, 0.4) is 0 Å². The molecule has 0 bridgehead atoms. The lowest BCUT2D eigenvalue weighted by atomic mass is 10.3. The Morgan fingerprint density at radius 1 is 1.58 bits per heavy atom. The summed E-state index contributed by atoms with van der Waals surface area (Å²) in [5.74, 6) is -0.321. The van der Waals surface area contributed by atoms with E-state index in [4.69, 9.17) is 12.2 Å². The van der Waals surface area contributed by atoms with E-state index in [9.17, 15) is 9.18 Å². The lowest BCUT2D eigenvalue weighted by molar-refractivity contribution is -0.121. The van der Waals surface area contributed by atoms with Crippen molar-refractivity contribution < 1.29 is 9.18 Å². The molecule has 0 unspecified atom stereocenters. The Bertz CT molecular complexity index is 679. The van der Waals surface area contributed by atoms with Gasteiger partial charge in [0.05, 0.1) is 14.6 Å². The number of carbonyl (C=O) groups is 1. The molecule has 2 N–H and O–H groups in total. The van der Waals surface area contributed by atoms with Gasteiger partial charge in [0.15, 0.2) is 4.77 Å². The molecule has 102 valence electrons. The summed E-state index contributed by atoms with van der Waals surface area (Å²) in [6.07, 6.45) is 0.322. The van der Waals surface area contributed by atoms with Crippen LogP contribution >= 0.6 is 34.8 Å². The van der Waals surface area contributed by atoms with E-state index < -0.39 is 0 Å². The average Bonchev–Trinajstić information content (AvgIpc) is 2.63. The first-order valence-corrected chi connectivity index (χ1v) is 7.36. The number of aryl methyl sites for hydroxylation is 1. The number of hydrogen-bond acceptors (Lipinski definition) is 2. The molecule has 0 spiro atoms. The van der Waals surface area contributed by atoms with Gasteiger partial charge in [-0.3, -0.25) is 4.79 Å². The molecule has 1 aromatic carbocycles. The number of nitrogens with one attached hydrogen (secondary N) is 2. The number of aromatic amines is 1. The number of H-pyrrole nitrogens is 1. The number of hydrogen-bond donors (Lipinski definition) is 2. The second-order valence-electron chi connectivity index (χ2n) is 4.07. The fraction of sp³-hybridized carbons (Fsp3) is 0.333. The molecule has 1 heterocycles. The second-order valence-corrected chi connectivity index (χ2v) is 5.62. The highest BCUT2D eigenvalue weighted by molar-refractivity contribution is 14.1. The third kappa shape index (κ3) is 3.14. The summed E-state index contributed by atoms with van der Waals surface area (Å²) in [4.78, 5) is 14.5. The van der Waals surface area contributed by atoms with Gasteiger partial charge in [0.2, 0.25) is 5.91 Å². The lowest BCUT2D eigenvalue weighted by Gasteiger charge is -2.05. The van der Waals surface area contributed by atoms with Crippen LogP contribution in [0.4, 0.5) is 4.39 Å². The second kappa shape index (κ2) is 6.00. The van der Waals surface area contributed by atoms with Gasteiger partial charge in [-0.05, 0) is 47.8 Å². The number of amides is 1. The SMILES string of the molecule is CCNC(=O)CCn1c(=S)[nH]c2cc(I)c(F)cc21. The molecule has 2 rings (SSSR count). The van der Waals surface area contributed by atoms with Crippen molar-refractivity contribution in [2.75, 3.05) is 6.54 Å². The molecule has 19 heavy (non-hydrogen) atoms. The zero-order valence-electron chi connectivity index (χ0n) is 10.3. The molecule has 0 aliphatic carbocycles. The number of fused-ring (bicyclic) bond motifs is 1. The highest BCUT2D eigenvalue weighted by Gasteiger charge is 2.10. The molecule has 0 fully saturated rings. The number of imidazole rings is 1. The molecule has 0 radical (unpaired) electrons. The van der Waals surface area contributed by atoms with Crippen LogP contribution in [-0.4, -0.2) is 22.0 Å². The highest BCUT2D eigenvalue weighted by atomic mass is 127. The average molecular weight is 393 g/mol. The first-order chi connectivity index (χ1) is 9.02. The van der Waals surface area contributed by atoms with Gasteiger partial charge in [0.25, 0.3) is 0 Å². The predicted molar refractivity (Wildman–Crippen MR) is 83.1 cm³/mol. The monoisotopic (exact) mass is 393 g/mol. The van der Waals surface area contributed by atoms with E-state index in [-0.39, 0.29) is 11.7 Å². The topological polar surface area (TPSA) is 49.8 Å². The molecule has 0 saturated heterocycles. The largest absolute Gasteiger partial charge is 0.356 e. The molecule has 1 aromatic heterocycles. The third-order valence-corrected chi connectivity index (χ3v) is 3.90. The van der Waals surface area contributed by atoms with Crippen molar-refractivity contribution in [3.63, 3.8) is 0 Å². The standard InChI is InChI=1S/C12H13FIN3OS/c1-2-15-11(18)3-4-17-10-5-7(13)8(14)6-9(10)16-12(17)19/h5-6H,2-4H2,1H3,(H,15,18)(H,16,19). The van der Waals surface area contributed by atoms with E-state index in [1.807, 2.05) is 29.5 Å². The normalized spacial score (nSPS) is 10.9. The Hall–Kier alpha value is -0.960. The van der Waals surface area contributed by atoms with E-state index in [0.29, 0.717) is 33.4 Å². The Morgan fingerprint density at radius 2 is 2.32 bits per heavy atom. The smallest absolute Gasteiger partial charge is 0.221 e. The molecule has 1 amide bonds. The highest BCUT2D eigenvalue weighted by Crippen LogP contribution is 2.20. The maximum atomic E-state index is 13.6. The van der Waals surface area contributed by atoms with E-state index >= 15 is 0 Å². The molecule has 0 aliphatic rings. The van der Waals surface area contributed by atoms with E-state index in [1.54, 1.807) is 10.6 Å². The van der Waals surface area contributed by atoms with Crippen LogP contribution in [0.15, 0.2) is 12.1 Å². The first-order valence-electron chi connectivity index (χ1n) is 5.87. The van der Waals surface area contributed by atoms with Gasteiger partial charge in [0, 0.05) is 25.6 Å². The predicted octanol–water partition coefficient (Wildman–Crippen LogP) is 2.97. The van der Waals surface area contributed by atoms with Gasteiger partial charge < -0.3 is 14.9 Å². The van der Waals surface area contributed by atoms with Gasteiger partial charge in [0.1, 0.15) is 5.82 Å². The Kier molecular flexibility index (Phi) is 4.56. The van der Waals surface area contributed by atoms with E-state index in [0.717, 1.165) is 5.52 Å².